The standard InChI is InChI=1S/C90H178O4Si/c1-9-11-13-15-17-19-21-23-25-27-28-29-30-31-32-37-43-49-55-61-67-73-79-86(89(92)93)88(94-95(7,8)90(4,5)6)81-75-69-63-57-51-45-39-42-48-54-60-66-72-78-85-82-84(85)77-71-65-59-53-47-41-36-33-34-38-44-50-56-62-68-74-80-87(91)83(3)76-70-64-58-52-46-40-35-26-24-22-20-18-16-14-12-10-2/h83-86,88H,9-82H2,1-8H3,(H,92,93)/t83-,84-,85+,86+,88+/m0/s1. The molecule has 0 radical (unpaired) electrons. The lowest BCUT2D eigenvalue weighted by Gasteiger charge is -2.41. The first-order valence-electron chi connectivity index (χ1n) is 44.8. The molecule has 1 aliphatic carbocycles. The van der Waals surface area contributed by atoms with Crippen LogP contribution in [0.5, 0.6) is 0 Å². The molecule has 0 saturated heterocycles. The summed E-state index contributed by atoms with van der Waals surface area (Å²) in [6, 6.07) is 0. The highest BCUT2D eigenvalue weighted by Gasteiger charge is 2.42. The third-order valence-corrected chi connectivity index (χ3v) is 28.3. The number of rotatable bonds is 80. The van der Waals surface area contributed by atoms with Crippen LogP contribution in [0.1, 0.15) is 517 Å². The summed E-state index contributed by atoms with van der Waals surface area (Å²) in [5, 5.41) is 10.6. The van der Waals surface area contributed by atoms with Gasteiger partial charge in [-0.2, -0.15) is 0 Å². The van der Waals surface area contributed by atoms with Crippen LogP contribution in [0.2, 0.25) is 18.1 Å². The fraction of sp³-hybridized carbons (Fsp3) is 0.978. The molecule has 0 amide bonds. The summed E-state index contributed by atoms with van der Waals surface area (Å²) in [5.74, 6) is 1.96. The lowest BCUT2D eigenvalue weighted by atomic mass is 9.91. The van der Waals surface area contributed by atoms with Crippen LogP contribution in [0.3, 0.4) is 0 Å². The molecular formula is C90H178O4Si. The monoisotopic (exact) mass is 1350 g/mol. The number of unbranched alkanes of at least 4 members (excludes halogenated alkanes) is 63. The predicted molar refractivity (Wildman–Crippen MR) is 427 cm³/mol. The molecule has 4 nitrogen and oxygen atoms in total. The first-order valence-corrected chi connectivity index (χ1v) is 47.7. The zero-order chi connectivity index (χ0) is 69.1. The summed E-state index contributed by atoms with van der Waals surface area (Å²) < 4.78 is 6.98. The van der Waals surface area contributed by atoms with Gasteiger partial charge in [0.2, 0.25) is 0 Å². The van der Waals surface area contributed by atoms with Crippen molar-refractivity contribution in [2.75, 3.05) is 0 Å². The van der Waals surface area contributed by atoms with Gasteiger partial charge in [0.25, 0.3) is 0 Å². The number of carboxylic acids is 1. The second-order valence-electron chi connectivity index (χ2n) is 34.2. The number of carbonyl (C=O) groups is 2. The van der Waals surface area contributed by atoms with Gasteiger partial charge in [0.1, 0.15) is 5.78 Å². The molecule has 566 valence electrons. The first kappa shape index (κ1) is 92.3. The molecule has 0 aliphatic heterocycles. The van der Waals surface area contributed by atoms with Gasteiger partial charge in [-0.1, -0.05) is 478 Å². The summed E-state index contributed by atoms with van der Waals surface area (Å²) >= 11 is 0. The molecule has 1 fully saturated rings. The minimum atomic E-state index is -2.08. The van der Waals surface area contributed by atoms with E-state index >= 15 is 0 Å². The van der Waals surface area contributed by atoms with Crippen LogP contribution in [0.4, 0.5) is 0 Å². The third-order valence-electron chi connectivity index (χ3n) is 23.8. The lowest BCUT2D eigenvalue weighted by molar-refractivity contribution is -0.146. The predicted octanol–water partition coefficient (Wildman–Crippen LogP) is 32.4. The van der Waals surface area contributed by atoms with Crippen LogP contribution < -0.4 is 0 Å². The molecule has 0 aromatic rings. The Morgan fingerprint density at radius 3 is 0.811 bits per heavy atom. The number of ketones is 1. The average molecular weight is 1350 g/mol. The topological polar surface area (TPSA) is 63.6 Å². The second-order valence-corrected chi connectivity index (χ2v) is 38.9. The van der Waals surface area contributed by atoms with Crippen molar-refractivity contribution in [2.45, 2.75) is 541 Å². The Labute approximate surface area is 600 Å². The molecule has 1 rings (SSSR count). The zero-order valence-electron chi connectivity index (χ0n) is 66.9. The van der Waals surface area contributed by atoms with E-state index in [9.17, 15) is 14.7 Å². The van der Waals surface area contributed by atoms with Gasteiger partial charge in [-0.15, -0.1) is 0 Å². The first-order chi connectivity index (χ1) is 46.3. The van der Waals surface area contributed by atoms with E-state index in [2.05, 4.69) is 54.6 Å². The van der Waals surface area contributed by atoms with E-state index in [0.29, 0.717) is 5.78 Å². The molecule has 0 heterocycles. The minimum Gasteiger partial charge on any atom is -0.481 e. The quantitative estimate of drug-likeness (QED) is 0.0487. The summed E-state index contributed by atoms with van der Waals surface area (Å²) in [6.45, 7) is 18.3. The Bertz CT molecular complexity index is 1570. The Balaban J connectivity index is 1.91. The van der Waals surface area contributed by atoms with Crippen LogP contribution in [0.25, 0.3) is 0 Å². The number of carbonyl (C=O) groups excluding carboxylic acids is 1. The highest BCUT2D eigenvalue weighted by Crippen LogP contribution is 2.46. The van der Waals surface area contributed by atoms with E-state index in [1.54, 1.807) is 0 Å². The molecule has 0 aromatic carbocycles. The van der Waals surface area contributed by atoms with Gasteiger partial charge < -0.3 is 9.53 Å². The maximum Gasteiger partial charge on any atom is 0.309 e. The van der Waals surface area contributed by atoms with E-state index < -0.39 is 14.3 Å². The molecule has 0 bridgehead atoms. The molecule has 0 aromatic heterocycles. The van der Waals surface area contributed by atoms with Gasteiger partial charge >= 0.3 is 5.97 Å². The van der Waals surface area contributed by atoms with Gasteiger partial charge in [0.05, 0.1) is 12.0 Å². The molecule has 1 N–H and O–H groups in total. The number of carboxylic acid groups (broad SMARTS) is 1. The maximum absolute atomic E-state index is 12.8. The summed E-state index contributed by atoms with van der Waals surface area (Å²) in [6.07, 6.45) is 101. The van der Waals surface area contributed by atoms with Crippen LogP contribution in [0.15, 0.2) is 0 Å². The highest BCUT2D eigenvalue weighted by molar-refractivity contribution is 6.74. The lowest BCUT2D eigenvalue weighted by Crippen LogP contribution is -2.47. The Kier molecular flexibility index (Phi) is 67.1. The van der Waals surface area contributed by atoms with Crippen molar-refractivity contribution in [1.82, 2.24) is 0 Å². The normalized spacial score (nSPS) is 15.3. The zero-order valence-corrected chi connectivity index (χ0v) is 67.9. The van der Waals surface area contributed by atoms with E-state index in [1.165, 1.54) is 424 Å². The van der Waals surface area contributed by atoms with Crippen molar-refractivity contribution < 1.29 is 19.1 Å². The Morgan fingerprint density at radius 2 is 0.558 bits per heavy atom. The molecule has 95 heavy (non-hydrogen) atoms. The summed E-state index contributed by atoms with van der Waals surface area (Å²) in [7, 11) is -2.08. The van der Waals surface area contributed by atoms with Crippen molar-refractivity contribution in [3.63, 3.8) is 0 Å². The number of Topliss-reactive ketones (excluding diaryl/α,β-unsaturated/α-hetero) is 1. The van der Waals surface area contributed by atoms with Crippen molar-refractivity contribution in [2.24, 2.45) is 23.7 Å². The molecule has 5 heteroatoms. The van der Waals surface area contributed by atoms with Crippen LogP contribution >= 0.6 is 0 Å². The van der Waals surface area contributed by atoms with E-state index in [0.717, 1.165) is 63.2 Å². The third kappa shape index (κ3) is 61.7. The van der Waals surface area contributed by atoms with E-state index in [1.807, 2.05) is 0 Å². The van der Waals surface area contributed by atoms with Gasteiger partial charge in [-0.25, -0.2) is 0 Å². The number of hydrogen-bond acceptors (Lipinski definition) is 3. The largest absolute Gasteiger partial charge is 0.481 e. The van der Waals surface area contributed by atoms with E-state index in [-0.39, 0.29) is 23.0 Å². The molecule has 1 aliphatic rings. The van der Waals surface area contributed by atoms with Gasteiger partial charge in [-0.05, 0) is 62.1 Å². The Hall–Kier alpha value is -0.683. The van der Waals surface area contributed by atoms with Crippen molar-refractivity contribution >= 4 is 20.1 Å². The SMILES string of the molecule is CCCCCCCCCCCCCCCCCCCCCCCC[C@@H](C(=O)O)[C@@H](CCCCCCCCCCCCCCC[C@@H]1C[C@@H]1CCCCCCCCCCCCCCCCCCC(=O)[C@@H](C)CCCCCCCCCCCCCCCCCC)O[Si](C)(C)C(C)(C)C. The fourth-order valence-electron chi connectivity index (χ4n) is 15.6. The minimum absolute atomic E-state index is 0.0830. The summed E-state index contributed by atoms with van der Waals surface area (Å²) in [5.41, 5.74) is 0. The number of hydrogen-bond donors (Lipinski definition) is 1. The van der Waals surface area contributed by atoms with Gasteiger partial charge in [-0.3, -0.25) is 9.59 Å². The smallest absolute Gasteiger partial charge is 0.309 e. The second kappa shape index (κ2) is 69.1. The van der Waals surface area contributed by atoms with Crippen LogP contribution in [-0.2, 0) is 14.0 Å². The highest BCUT2D eigenvalue weighted by atomic mass is 28.4. The molecule has 1 saturated carbocycles. The number of aliphatic carboxylic acids is 1. The van der Waals surface area contributed by atoms with Crippen LogP contribution in [-0.4, -0.2) is 31.3 Å². The van der Waals surface area contributed by atoms with Crippen molar-refractivity contribution in [3.05, 3.63) is 0 Å². The van der Waals surface area contributed by atoms with Gasteiger partial charge in [0.15, 0.2) is 8.32 Å². The Morgan fingerprint density at radius 1 is 0.337 bits per heavy atom. The van der Waals surface area contributed by atoms with Crippen molar-refractivity contribution in [3.8, 4) is 0 Å². The molecule has 0 spiro atoms. The average Bonchev–Trinajstić information content (AvgIpc) is 1.10. The van der Waals surface area contributed by atoms with Crippen molar-refractivity contribution in [1.29, 1.82) is 0 Å². The molecular weight excluding hydrogens is 1170 g/mol. The summed E-state index contributed by atoms with van der Waals surface area (Å²) in [4.78, 5) is 25.5. The van der Waals surface area contributed by atoms with Gasteiger partial charge in [0, 0.05) is 12.3 Å². The molecule has 5 atom stereocenters. The van der Waals surface area contributed by atoms with Crippen LogP contribution in [0, 0.1) is 23.7 Å². The fourth-order valence-corrected chi connectivity index (χ4v) is 17.0. The maximum atomic E-state index is 12.8. The molecule has 0 unspecified atom stereocenters. The van der Waals surface area contributed by atoms with E-state index in [4.69, 9.17) is 4.43 Å².